The Morgan fingerprint density at radius 2 is 1.89 bits per heavy atom. The average molecular weight is 372 g/mol. The van der Waals surface area contributed by atoms with Gasteiger partial charge in [0, 0.05) is 29.9 Å². The first-order valence-electron chi connectivity index (χ1n) is 8.99. The van der Waals surface area contributed by atoms with Crippen molar-refractivity contribution in [2.75, 3.05) is 5.32 Å². The lowest BCUT2D eigenvalue weighted by molar-refractivity contribution is -0.111. The molecule has 0 fully saturated rings. The molecule has 140 valence electrons. The summed E-state index contributed by atoms with van der Waals surface area (Å²) in [5, 5.41) is 7.45. The van der Waals surface area contributed by atoms with Crippen LogP contribution in [0, 0.1) is 20.8 Å². The molecule has 6 heteroatoms. The number of nitrogens with one attached hydrogen (secondary N) is 1. The summed E-state index contributed by atoms with van der Waals surface area (Å²) in [4.78, 5) is 16.6. The standard InChI is InChI=1S/C22H20N4O2/c1-14-19(15(2)26(25-14)18-7-5-4-6-8-18)10-12-22(27)24-17-9-11-21-20(13-17)23-16(3)28-21/h4-13H,1-3H3,(H,24,27). The van der Waals surface area contributed by atoms with Gasteiger partial charge in [0.15, 0.2) is 11.5 Å². The van der Waals surface area contributed by atoms with Gasteiger partial charge >= 0.3 is 0 Å². The van der Waals surface area contributed by atoms with Crippen molar-refractivity contribution in [3.63, 3.8) is 0 Å². The number of rotatable bonds is 4. The molecule has 2 aromatic heterocycles. The second-order valence-corrected chi connectivity index (χ2v) is 6.57. The van der Waals surface area contributed by atoms with Crippen LogP contribution < -0.4 is 5.32 Å². The number of anilines is 1. The van der Waals surface area contributed by atoms with Gasteiger partial charge < -0.3 is 9.73 Å². The van der Waals surface area contributed by atoms with E-state index in [9.17, 15) is 4.79 Å². The van der Waals surface area contributed by atoms with Crippen molar-refractivity contribution < 1.29 is 9.21 Å². The molecule has 1 N–H and O–H groups in total. The first kappa shape index (κ1) is 17.7. The van der Waals surface area contributed by atoms with E-state index >= 15 is 0 Å². The number of amides is 1. The zero-order valence-electron chi connectivity index (χ0n) is 15.9. The van der Waals surface area contributed by atoms with Gasteiger partial charge in [-0.2, -0.15) is 5.10 Å². The topological polar surface area (TPSA) is 73.0 Å². The number of hydrogen-bond donors (Lipinski definition) is 1. The van der Waals surface area contributed by atoms with E-state index in [-0.39, 0.29) is 5.91 Å². The second-order valence-electron chi connectivity index (χ2n) is 6.57. The number of fused-ring (bicyclic) bond motifs is 1. The lowest BCUT2D eigenvalue weighted by Gasteiger charge is -2.04. The molecule has 0 saturated carbocycles. The molecule has 0 aliphatic rings. The third-order valence-electron chi connectivity index (χ3n) is 4.51. The largest absolute Gasteiger partial charge is 0.441 e. The molecule has 4 aromatic rings. The monoisotopic (exact) mass is 372 g/mol. The van der Waals surface area contributed by atoms with Gasteiger partial charge in [-0.25, -0.2) is 9.67 Å². The van der Waals surface area contributed by atoms with Crippen LogP contribution in [0.3, 0.4) is 0 Å². The van der Waals surface area contributed by atoms with Crippen LogP contribution >= 0.6 is 0 Å². The van der Waals surface area contributed by atoms with Gasteiger partial charge in [0.25, 0.3) is 0 Å². The smallest absolute Gasteiger partial charge is 0.248 e. The fraction of sp³-hybridized carbons (Fsp3) is 0.136. The predicted molar refractivity (Wildman–Crippen MR) is 109 cm³/mol. The summed E-state index contributed by atoms with van der Waals surface area (Å²) in [6, 6.07) is 15.3. The molecule has 1 amide bonds. The van der Waals surface area contributed by atoms with E-state index in [2.05, 4.69) is 15.4 Å². The van der Waals surface area contributed by atoms with Gasteiger partial charge in [0.1, 0.15) is 5.52 Å². The van der Waals surface area contributed by atoms with E-state index in [0.29, 0.717) is 17.2 Å². The van der Waals surface area contributed by atoms with E-state index in [4.69, 9.17) is 4.42 Å². The highest BCUT2D eigenvalue weighted by Gasteiger charge is 2.11. The Bertz CT molecular complexity index is 1190. The third-order valence-corrected chi connectivity index (χ3v) is 4.51. The first-order chi connectivity index (χ1) is 13.5. The summed E-state index contributed by atoms with van der Waals surface area (Å²) < 4.78 is 7.33. The van der Waals surface area contributed by atoms with Crippen LogP contribution in [-0.4, -0.2) is 20.7 Å². The van der Waals surface area contributed by atoms with Gasteiger partial charge in [-0.05, 0) is 50.3 Å². The predicted octanol–water partition coefficient (Wildman–Crippen LogP) is 4.59. The van der Waals surface area contributed by atoms with Crippen LogP contribution in [0.15, 0.2) is 59.0 Å². The van der Waals surface area contributed by atoms with Crippen molar-refractivity contribution in [2.45, 2.75) is 20.8 Å². The van der Waals surface area contributed by atoms with E-state index in [1.54, 1.807) is 31.2 Å². The number of carbonyl (C=O) groups excluding carboxylic acids is 1. The zero-order chi connectivity index (χ0) is 19.7. The van der Waals surface area contributed by atoms with Gasteiger partial charge in [-0.15, -0.1) is 0 Å². The molecular formula is C22H20N4O2. The fourth-order valence-corrected chi connectivity index (χ4v) is 3.18. The normalized spacial score (nSPS) is 11.4. The summed E-state index contributed by atoms with van der Waals surface area (Å²) in [6.45, 7) is 5.72. The van der Waals surface area contributed by atoms with E-state index in [1.807, 2.05) is 48.9 Å². The Labute approximate surface area is 162 Å². The number of aryl methyl sites for hydroxylation is 2. The van der Waals surface area contributed by atoms with Gasteiger partial charge in [0.2, 0.25) is 5.91 Å². The zero-order valence-corrected chi connectivity index (χ0v) is 15.9. The Hall–Kier alpha value is -3.67. The van der Waals surface area contributed by atoms with Gasteiger partial charge in [-0.3, -0.25) is 4.79 Å². The van der Waals surface area contributed by atoms with Crippen molar-refractivity contribution in [3.05, 3.63) is 77.4 Å². The molecule has 0 saturated heterocycles. The van der Waals surface area contributed by atoms with Crippen LogP contribution in [-0.2, 0) is 4.79 Å². The molecule has 28 heavy (non-hydrogen) atoms. The van der Waals surface area contributed by atoms with Crippen LogP contribution in [0.25, 0.3) is 22.9 Å². The fourth-order valence-electron chi connectivity index (χ4n) is 3.18. The third kappa shape index (κ3) is 3.44. The highest BCUT2D eigenvalue weighted by Crippen LogP contribution is 2.21. The van der Waals surface area contributed by atoms with Gasteiger partial charge in [-0.1, -0.05) is 18.2 Å². The second kappa shape index (κ2) is 7.15. The van der Waals surface area contributed by atoms with Crippen molar-refractivity contribution >= 4 is 28.8 Å². The number of benzene rings is 2. The molecule has 2 aromatic carbocycles. The Morgan fingerprint density at radius 1 is 1.11 bits per heavy atom. The van der Waals surface area contributed by atoms with E-state index in [0.717, 1.165) is 28.2 Å². The van der Waals surface area contributed by atoms with Gasteiger partial charge in [0.05, 0.1) is 11.4 Å². The van der Waals surface area contributed by atoms with Crippen LogP contribution in [0.2, 0.25) is 0 Å². The molecule has 6 nitrogen and oxygen atoms in total. The van der Waals surface area contributed by atoms with Crippen LogP contribution in [0.5, 0.6) is 0 Å². The van der Waals surface area contributed by atoms with Crippen molar-refractivity contribution in [1.82, 2.24) is 14.8 Å². The maximum absolute atomic E-state index is 12.4. The molecule has 4 rings (SSSR count). The van der Waals surface area contributed by atoms with Crippen LogP contribution in [0.1, 0.15) is 22.8 Å². The number of para-hydroxylation sites is 1. The SMILES string of the molecule is Cc1nc2cc(NC(=O)C=Cc3c(C)nn(-c4ccccc4)c3C)ccc2o1. The summed E-state index contributed by atoms with van der Waals surface area (Å²) in [6.07, 6.45) is 3.32. The molecule has 0 aliphatic carbocycles. The summed E-state index contributed by atoms with van der Waals surface area (Å²) in [5.74, 6) is 0.380. The number of oxazole rings is 1. The molecule has 0 bridgehead atoms. The minimum absolute atomic E-state index is 0.217. The molecule has 0 radical (unpaired) electrons. The minimum Gasteiger partial charge on any atom is -0.441 e. The summed E-state index contributed by atoms with van der Waals surface area (Å²) in [5.41, 5.74) is 5.85. The van der Waals surface area contributed by atoms with Crippen molar-refractivity contribution in [1.29, 1.82) is 0 Å². The molecular weight excluding hydrogens is 352 g/mol. The average Bonchev–Trinajstić information content (AvgIpc) is 3.19. The Kier molecular flexibility index (Phi) is 4.53. The lowest BCUT2D eigenvalue weighted by atomic mass is 10.2. The maximum Gasteiger partial charge on any atom is 0.248 e. The highest BCUT2D eigenvalue weighted by molar-refractivity contribution is 6.02. The molecule has 0 unspecified atom stereocenters. The lowest BCUT2D eigenvalue weighted by Crippen LogP contribution is -2.07. The van der Waals surface area contributed by atoms with E-state index < -0.39 is 0 Å². The maximum atomic E-state index is 12.4. The molecule has 0 atom stereocenters. The van der Waals surface area contributed by atoms with Crippen LogP contribution in [0.4, 0.5) is 5.69 Å². The summed E-state index contributed by atoms with van der Waals surface area (Å²) >= 11 is 0. The number of aromatic nitrogens is 3. The van der Waals surface area contributed by atoms with E-state index in [1.165, 1.54) is 6.08 Å². The number of carbonyl (C=O) groups is 1. The van der Waals surface area contributed by atoms with Crippen molar-refractivity contribution in [2.24, 2.45) is 0 Å². The van der Waals surface area contributed by atoms with Crippen molar-refractivity contribution in [3.8, 4) is 5.69 Å². The first-order valence-corrected chi connectivity index (χ1v) is 8.99. The molecule has 0 spiro atoms. The highest BCUT2D eigenvalue weighted by atomic mass is 16.3. The molecule has 0 aliphatic heterocycles. The Balaban J connectivity index is 1.53. The minimum atomic E-state index is -0.217. The quantitative estimate of drug-likeness (QED) is 0.532. The number of nitrogens with zero attached hydrogens (tertiary/aromatic N) is 3. The number of hydrogen-bond acceptors (Lipinski definition) is 4. The summed E-state index contributed by atoms with van der Waals surface area (Å²) in [7, 11) is 0. The Morgan fingerprint density at radius 3 is 2.68 bits per heavy atom. The molecule has 2 heterocycles.